The van der Waals surface area contributed by atoms with E-state index in [4.69, 9.17) is 5.73 Å². The lowest BCUT2D eigenvalue weighted by molar-refractivity contribution is 0.627. The minimum atomic E-state index is -0.244. The van der Waals surface area contributed by atoms with Crippen molar-refractivity contribution in [1.82, 2.24) is 4.98 Å². The fourth-order valence-corrected chi connectivity index (χ4v) is 2.67. The molecule has 0 atom stereocenters. The average molecular weight is 379 g/mol. The van der Waals surface area contributed by atoms with Gasteiger partial charge in [-0.15, -0.1) is 0 Å². The lowest BCUT2D eigenvalue weighted by Gasteiger charge is -2.12. The van der Waals surface area contributed by atoms with E-state index in [1.54, 1.807) is 18.5 Å². The van der Waals surface area contributed by atoms with Crippen molar-refractivity contribution in [2.45, 2.75) is 0 Å². The van der Waals surface area contributed by atoms with Crippen molar-refractivity contribution in [3.63, 3.8) is 0 Å². The Labute approximate surface area is 129 Å². The van der Waals surface area contributed by atoms with Crippen LogP contribution in [0.15, 0.2) is 48.8 Å². The molecule has 0 saturated carbocycles. The Bertz CT molecular complexity index is 789. The molecule has 20 heavy (non-hydrogen) atoms. The number of rotatable bonds is 2. The summed E-state index contributed by atoms with van der Waals surface area (Å²) in [7, 11) is 0. The van der Waals surface area contributed by atoms with Crippen molar-refractivity contribution in [3.05, 3.63) is 58.2 Å². The maximum absolute atomic E-state index is 13.1. The molecule has 5 heteroatoms. The molecule has 0 spiro atoms. The van der Waals surface area contributed by atoms with Crippen molar-refractivity contribution in [2.75, 3.05) is 11.1 Å². The zero-order valence-corrected chi connectivity index (χ0v) is 12.6. The first-order valence-corrected chi connectivity index (χ1v) is 7.07. The largest absolute Gasteiger partial charge is 0.398 e. The van der Waals surface area contributed by atoms with Gasteiger partial charge in [0.05, 0.1) is 5.69 Å². The van der Waals surface area contributed by atoms with Crippen molar-refractivity contribution >= 4 is 50.4 Å². The van der Waals surface area contributed by atoms with E-state index in [9.17, 15) is 4.39 Å². The minimum absolute atomic E-state index is 0.244. The number of benzene rings is 2. The van der Waals surface area contributed by atoms with Gasteiger partial charge in [0.15, 0.2) is 0 Å². The van der Waals surface area contributed by atoms with E-state index in [-0.39, 0.29) is 5.82 Å². The van der Waals surface area contributed by atoms with Gasteiger partial charge in [0.2, 0.25) is 0 Å². The first-order valence-electron chi connectivity index (χ1n) is 5.99. The minimum Gasteiger partial charge on any atom is -0.398 e. The number of nitrogens with two attached hydrogens (primary N) is 1. The maximum Gasteiger partial charge on any atom is 0.124 e. The van der Waals surface area contributed by atoms with Gasteiger partial charge in [-0.1, -0.05) is 0 Å². The summed E-state index contributed by atoms with van der Waals surface area (Å²) in [5.41, 5.74) is 8.41. The molecule has 0 radical (unpaired) electrons. The van der Waals surface area contributed by atoms with Crippen LogP contribution < -0.4 is 11.1 Å². The smallest absolute Gasteiger partial charge is 0.124 e. The molecule has 1 aromatic heterocycles. The molecule has 0 aliphatic heterocycles. The summed E-state index contributed by atoms with van der Waals surface area (Å²) in [6.07, 6.45) is 3.47. The van der Waals surface area contributed by atoms with Crippen LogP contribution in [0.3, 0.4) is 0 Å². The summed E-state index contributed by atoms with van der Waals surface area (Å²) >= 11 is 2.10. The number of hydrogen-bond donors (Lipinski definition) is 2. The Morgan fingerprint density at radius 3 is 2.65 bits per heavy atom. The van der Waals surface area contributed by atoms with Gasteiger partial charge < -0.3 is 11.1 Å². The van der Waals surface area contributed by atoms with E-state index in [0.29, 0.717) is 5.69 Å². The molecule has 1 heterocycles. The van der Waals surface area contributed by atoms with Crippen LogP contribution in [0.4, 0.5) is 21.5 Å². The van der Waals surface area contributed by atoms with Gasteiger partial charge in [-0.3, -0.25) is 4.98 Å². The second kappa shape index (κ2) is 5.24. The molecule has 3 rings (SSSR count). The molecule has 0 unspecified atom stereocenters. The molecule has 0 bridgehead atoms. The Kier molecular flexibility index (Phi) is 3.43. The fourth-order valence-electron chi connectivity index (χ4n) is 2.06. The van der Waals surface area contributed by atoms with E-state index in [0.717, 1.165) is 25.7 Å². The highest BCUT2D eigenvalue weighted by Crippen LogP contribution is 2.31. The molecule has 3 nitrogen and oxygen atoms in total. The first kappa shape index (κ1) is 13.1. The molecule has 0 saturated heterocycles. The molecule has 0 aliphatic rings. The van der Waals surface area contributed by atoms with Gasteiger partial charge in [-0.2, -0.15) is 0 Å². The van der Waals surface area contributed by atoms with E-state index < -0.39 is 0 Å². The van der Waals surface area contributed by atoms with Crippen LogP contribution in [-0.4, -0.2) is 4.98 Å². The number of aromatic nitrogens is 1. The van der Waals surface area contributed by atoms with Crippen molar-refractivity contribution in [1.29, 1.82) is 0 Å². The molecular weight excluding hydrogens is 368 g/mol. The van der Waals surface area contributed by atoms with Crippen LogP contribution in [0.1, 0.15) is 0 Å². The lowest BCUT2D eigenvalue weighted by Crippen LogP contribution is -1.96. The van der Waals surface area contributed by atoms with Crippen LogP contribution in [0.5, 0.6) is 0 Å². The zero-order valence-electron chi connectivity index (χ0n) is 10.4. The molecule has 2 aromatic carbocycles. The molecule has 0 aliphatic carbocycles. The van der Waals surface area contributed by atoms with Gasteiger partial charge in [-0.25, -0.2) is 4.39 Å². The number of nitrogen functional groups attached to an aromatic ring is 1. The molecular formula is C15H11FIN3. The van der Waals surface area contributed by atoms with E-state index >= 15 is 0 Å². The van der Waals surface area contributed by atoms with Crippen LogP contribution in [0.25, 0.3) is 10.8 Å². The topological polar surface area (TPSA) is 50.9 Å². The van der Waals surface area contributed by atoms with Crippen molar-refractivity contribution in [3.8, 4) is 0 Å². The molecule has 3 aromatic rings. The molecule has 0 amide bonds. The van der Waals surface area contributed by atoms with E-state index in [1.807, 2.05) is 18.2 Å². The summed E-state index contributed by atoms with van der Waals surface area (Å²) in [6, 6.07) is 10.3. The number of hydrogen-bond acceptors (Lipinski definition) is 3. The summed E-state index contributed by atoms with van der Waals surface area (Å²) in [5.74, 6) is -0.244. The summed E-state index contributed by atoms with van der Waals surface area (Å²) in [5, 5.41) is 5.20. The van der Waals surface area contributed by atoms with Gasteiger partial charge in [0.1, 0.15) is 5.82 Å². The average Bonchev–Trinajstić information content (AvgIpc) is 2.45. The Morgan fingerprint density at radius 1 is 1.05 bits per heavy atom. The SMILES string of the molecule is Nc1ccc(Nc2ccc(F)cc2I)c2ccncc12. The summed E-state index contributed by atoms with van der Waals surface area (Å²) in [4.78, 5) is 4.09. The van der Waals surface area contributed by atoms with Crippen LogP contribution in [0, 0.1) is 9.39 Å². The molecule has 3 N–H and O–H groups in total. The number of fused-ring (bicyclic) bond motifs is 1. The highest BCUT2D eigenvalue weighted by Gasteiger charge is 2.07. The molecule has 100 valence electrons. The van der Waals surface area contributed by atoms with Crippen LogP contribution >= 0.6 is 22.6 Å². The van der Waals surface area contributed by atoms with Gasteiger partial charge in [0, 0.05) is 38.1 Å². The summed E-state index contributed by atoms with van der Waals surface area (Å²) in [6.45, 7) is 0. The first-order chi connectivity index (χ1) is 9.65. The number of anilines is 3. The lowest BCUT2D eigenvalue weighted by atomic mass is 10.1. The van der Waals surface area contributed by atoms with Gasteiger partial charge >= 0.3 is 0 Å². The Hall–Kier alpha value is -1.89. The Morgan fingerprint density at radius 2 is 1.85 bits per heavy atom. The van der Waals surface area contributed by atoms with E-state index in [2.05, 4.69) is 32.9 Å². The number of nitrogens with zero attached hydrogens (tertiary/aromatic N) is 1. The third kappa shape index (κ3) is 2.40. The fraction of sp³-hybridized carbons (Fsp3) is 0. The quantitative estimate of drug-likeness (QED) is 0.516. The monoisotopic (exact) mass is 379 g/mol. The predicted octanol–water partition coefficient (Wildman–Crippen LogP) is 4.30. The number of pyridine rings is 1. The Balaban J connectivity index is 2.09. The predicted molar refractivity (Wildman–Crippen MR) is 88.6 cm³/mol. The molecule has 0 fully saturated rings. The van der Waals surface area contributed by atoms with E-state index in [1.165, 1.54) is 12.1 Å². The highest BCUT2D eigenvalue weighted by atomic mass is 127. The highest BCUT2D eigenvalue weighted by molar-refractivity contribution is 14.1. The van der Waals surface area contributed by atoms with Gasteiger partial charge in [0.25, 0.3) is 0 Å². The third-order valence-corrected chi connectivity index (χ3v) is 3.94. The maximum atomic E-state index is 13.1. The third-order valence-electron chi connectivity index (χ3n) is 3.05. The van der Waals surface area contributed by atoms with Gasteiger partial charge in [-0.05, 0) is 59.0 Å². The van der Waals surface area contributed by atoms with Crippen molar-refractivity contribution < 1.29 is 4.39 Å². The number of nitrogens with one attached hydrogen (secondary N) is 1. The number of halogens is 2. The zero-order chi connectivity index (χ0) is 14.1. The second-order valence-electron chi connectivity index (χ2n) is 4.37. The van der Waals surface area contributed by atoms with Crippen LogP contribution in [0.2, 0.25) is 0 Å². The normalized spacial score (nSPS) is 10.7. The standard InChI is InChI=1S/C15H11FIN3/c16-9-1-3-15(12(17)7-9)20-14-4-2-13(18)11-8-19-6-5-10(11)14/h1-8,20H,18H2. The summed E-state index contributed by atoms with van der Waals surface area (Å²) < 4.78 is 14.0. The second-order valence-corrected chi connectivity index (χ2v) is 5.53. The van der Waals surface area contributed by atoms with Crippen LogP contribution in [-0.2, 0) is 0 Å². The van der Waals surface area contributed by atoms with Crippen molar-refractivity contribution in [2.24, 2.45) is 0 Å².